The molecule has 2 aliphatic rings. The first-order chi connectivity index (χ1) is 10.1. The fourth-order valence-electron chi connectivity index (χ4n) is 3.50. The first-order valence-corrected chi connectivity index (χ1v) is 7.92. The van der Waals surface area contributed by atoms with Gasteiger partial charge in [-0.15, -0.1) is 0 Å². The summed E-state index contributed by atoms with van der Waals surface area (Å²) in [5, 5.41) is 6.89. The van der Waals surface area contributed by atoms with Crippen LogP contribution >= 0.6 is 0 Å². The smallest absolute Gasteiger partial charge is 0.228 e. The number of piperidine rings is 2. The van der Waals surface area contributed by atoms with Gasteiger partial charge in [-0.2, -0.15) is 5.10 Å². The molecule has 6 heteroatoms. The Labute approximate surface area is 125 Å². The number of carbonyl (C=O) groups is 1. The van der Waals surface area contributed by atoms with Crippen LogP contribution in [0.1, 0.15) is 44.3 Å². The summed E-state index contributed by atoms with van der Waals surface area (Å²) < 4.78 is 0. The van der Waals surface area contributed by atoms with Crippen molar-refractivity contribution < 1.29 is 4.79 Å². The normalized spacial score (nSPS) is 26.8. The minimum Gasteiger partial charge on any atom is -0.341 e. The molecule has 3 rings (SSSR count). The van der Waals surface area contributed by atoms with Gasteiger partial charge in [-0.25, -0.2) is 4.98 Å². The maximum Gasteiger partial charge on any atom is 0.228 e. The second-order valence-electron chi connectivity index (χ2n) is 6.82. The van der Waals surface area contributed by atoms with Crippen LogP contribution in [0.3, 0.4) is 0 Å². The highest BCUT2D eigenvalue weighted by atomic mass is 16.2. The van der Waals surface area contributed by atoms with Crippen molar-refractivity contribution in [3.8, 4) is 0 Å². The average molecular weight is 291 g/mol. The molecule has 0 radical (unpaired) electrons. The Hall–Kier alpha value is -1.43. The van der Waals surface area contributed by atoms with Gasteiger partial charge in [0.25, 0.3) is 0 Å². The van der Waals surface area contributed by atoms with Gasteiger partial charge in [-0.3, -0.25) is 9.89 Å². The standard InChI is InChI=1S/C15H25N5O/c1-15(5-8-19(2)9-6-15)14(21)20-7-3-4-12(10-20)13-16-11-17-18-13/h11-12H,3-10H2,1-2H3,(H,16,17,18)/t12-/m0/s1. The van der Waals surface area contributed by atoms with E-state index < -0.39 is 0 Å². The van der Waals surface area contributed by atoms with E-state index >= 15 is 0 Å². The molecule has 2 fully saturated rings. The molecule has 0 saturated carbocycles. The molecule has 2 saturated heterocycles. The van der Waals surface area contributed by atoms with Crippen LogP contribution in [0.5, 0.6) is 0 Å². The van der Waals surface area contributed by atoms with Gasteiger partial charge in [0.1, 0.15) is 12.2 Å². The van der Waals surface area contributed by atoms with Crippen molar-refractivity contribution in [2.75, 3.05) is 33.2 Å². The van der Waals surface area contributed by atoms with Gasteiger partial charge in [0, 0.05) is 24.4 Å². The number of rotatable bonds is 2. The average Bonchev–Trinajstić information content (AvgIpc) is 3.04. The minimum absolute atomic E-state index is 0.185. The Morgan fingerprint density at radius 1 is 1.38 bits per heavy atom. The van der Waals surface area contributed by atoms with Crippen LogP contribution in [0.15, 0.2) is 6.33 Å². The first-order valence-electron chi connectivity index (χ1n) is 7.92. The zero-order valence-corrected chi connectivity index (χ0v) is 13.0. The van der Waals surface area contributed by atoms with Crippen molar-refractivity contribution >= 4 is 5.91 Å². The zero-order valence-electron chi connectivity index (χ0n) is 13.0. The lowest BCUT2D eigenvalue weighted by Crippen LogP contribution is -2.50. The molecule has 0 unspecified atom stereocenters. The second kappa shape index (κ2) is 5.75. The molecule has 6 nitrogen and oxygen atoms in total. The molecule has 2 aliphatic heterocycles. The molecule has 0 aliphatic carbocycles. The summed E-state index contributed by atoms with van der Waals surface area (Å²) in [6.45, 7) is 5.83. The summed E-state index contributed by atoms with van der Waals surface area (Å²) in [6, 6.07) is 0. The monoisotopic (exact) mass is 291 g/mol. The van der Waals surface area contributed by atoms with Crippen molar-refractivity contribution in [2.45, 2.75) is 38.5 Å². The Morgan fingerprint density at radius 2 is 2.14 bits per heavy atom. The molecule has 0 spiro atoms. The Balaban J connectivity index is 1.67. The van der Waals surface area contributed by atoms with Crippen LogP contribution in [0.25, 0.3) is 0 Å². The molecular weight excluding hydrogens is 266 g/mol. The molecule has 21 heavy (non-hydrogen) atoms. The molecule has 1 aromatic rings. The SMILES string of the molecule is CN1CCC(C)(C(=O)N2CCC[C@H](c3ncn[nH]3)C2)CC1. The van der Waals surface area contributed by atoms with E-state index in [1.54, 1.807) is 6.33 Å². The fraction of sp³-hybridized carbons (Fsp3) is 0.800. The minimum atomic E-state index is -0.185. The topological polar surface area (TPSA) is 65.1 Å². The van der Waals surface area contributed by atoms with Gasteiger partial charge in [0.05, 0.1) is 0 Å². The molecule has 3 heterocycles. The number of likely N-dealkylation sites (tertiary alicyclic amines) is 2. The van der Waals surface area contributed by atoms with Crippen LogP contribution < -0.4 is 0 Å². The van der Waals surface area contributed by atoms with Crippen molar-refractivity contribution in [2.24, 2.45) is 5.41 Å². The van der Waals surface area contributed by atoms with E-state index in [1.807, 2.05) is 0 Å². The van der Waals surface area contributed by atoms with Crippen LogP contribution in [-0.4, -0.2) is 64.1 Å². The van der Waals surface area contributed by atoms with Crippen LogP contribution in [0, 0.1) is 5.41 Å². The maximum absolute atomic E-state index is 13.0. The third kappa shape index (κ3) is 2.95. The quantitative estimate of drug-likeness (QED) is 0.890. The van der Waals surface area contributed by atoms with E-state index in [0.717, 1.165) is 57.7 Å². The highest BCUT2D eigenvalue weighted by Gasteiger charge is 2.40. The number of amides is 1. The summed E-state index contributed by atoms with van der Waals surface area (Å²) in [6.07, 6.45) is 5.61. The van der Waals surface area contributed by atoms with E-state index in [1.165, 1.54) is 0 Å². The zero-order chi connectivity index (χ0) is 14.9. The Bertz CT molecular complexity index is 478. The van der Waals surface area contributed by atoms with Crippen molar-refractivity contribution in [3.05, 3.63) is 12.2 Å². The van der Waals surface area contributed by atoms with Gasteiger partial charge in [0.15, 0.2) is 0 Å². The van der Waals surface area contributed by atoms with Crippen molar-refractivity contribution in [1.82, 2.24) is 25.0 Å². The Morgan fingerprint density at radius 3 is 2.81 bits per heavy atom. The lowest BCUT2D eigenvalue weighted by molar-refractivity contribution is -0.145. The molecule has 0 bridgehead atoms. The van der Waals surface area contributed by atoms with E-state index in [0.29, 0.717) is 11.8 Å². The number of aromatic nitrogens is 3. The largest absolute Gasteiger partial charge is 0.341 e. The third-order valence-corrected chi connectivity index (χ3v) is 5.14. The summed E-state index contributed by atoms with van der Waals surface area (Å²) in [7, 11) is 2.13. The van der Waals surface area contributed by atoms with E-state index in [4.69, 9.17) is 0 Å². The summed E-state index contributed by atoms with van der Waals surface area (Å²) in [4.78, 5) is 21.6. The molecule has 0 aromatic carbocycles. The lowest BCUT2D eigenvalue weighted by Gasteiger charge is -2.42. The summed E-state index contributed by atoms with van der Waals surface area (Å²) in [5.41, 5.74) is -0.185. The molecule has 1 atom stereocenters. The van der Waals surface area contributed by atoms with Gasteiger partial charge < -0.3 is 9.80 Å². The summed E-state index contributed by atoms with van der Waals surface area (Å²) >= 11 is 0. The van der Waals surface area contributed by atoms with Gasteiger partial charge >= 0.3 is 0 Å². The first kappa shape index (κ1) is 14.5. The molecular formula is C15H25N5O. The third-order valence-electron chi connectivity index (χ3n) is 5.14. The van der Waals surface area contributed by atoms with E-state index in [-0.39, 0.29) is 5.41 Å². The molecule has 1 aromatic heterocycles. The highest BCUT2D eigenvalue weighted by molar-refractivity contribution is 5.82. The number of hydrogen-bond acceptors (Lipinski definition) is 4. The predicted molar refractivity (Wildman–Crippen MR) is 79.8 cm³/mol. The lowest BCUT2D eigenvalue weighted by atomic mass is 9.78. The molecule has 1 amide bonds. The fourth-order valence-corrected chi connectivity index (χ4v) is 3.50. The van der Waals surface area contributed by atoms with Gasteiger partial charge in [-0.05, 0) is 45.8 Å². The van der Waals surface area contributed by atoms with Crippen molar-refractivity contribution in [1.29, 1.82) is 0 Å². The van der Waals surface area contributed by atoms with E-state index in [9.17, 15) is 4.79 Å². The summed E-state index contributed by atoms with van der Waals surface area (Å²) in [5.74, 6) is 1.56. The number of aromatic amines is 1. The highest BCUT2D eigenvalue weighted by Crippen LogP contribution is 2.35. The maximum atomic E-state index is 13.0. The van der Waals surface area contributed by atoms with Gasteiger partial charge in [-0.1, -0.05) is 6.92 Å². The van der Waals surface area contributed by atoms with Crippen LogP contribution in [0.4, 0.5) is 0 Å². The number of hydrogen-bond donors (Lipinski definition) is 1. The van der Waals surface area contributed by atoms with Gasteiger partial charge in [0.2, 0.25) is 5.91 Å². The van der Waals surface area contributed by atoms with Crippen molar-refractivity contribution in [3.63, 3.8) is 0 Å². The molecule has 116 valence electrons. The number of nitrogens with one attached hydrogen (secondary N) is 1. The van der Waals surface area contributed by atoms with Crippen LogP contribution in [0.2, 0.25) is 0 Å². The predicted octanol–water partition coefficient (Wildman–Crippen LogP) is 1.24. The van der Waals surface area contributed by atoms with E-state index in [2.05, 4.69) is 39.0 Å². The number of carbonyl (C=O) groups excluding carboxylic acids is 1. The van der Waals surface area contributed by atoms with Crippen LogP contribution in [-0.2, 0) is 4.79 Å². The number of nitrogens with zero attached hydrogens (tertiary/aromatic N) is 4. The molecule has 1 N–H and O–H groups in total. The second-order valence-corrected chi connectivity index (χ2v) is 6.82. The Kier molecular flexibility index (Phi) is 3.97. The number of H-pyrrole nitrogens is 1.